The van der Waals surface area contributed by atoms with Gasteiger partial charge in [0.25, 0.3) is 5.91 Å². The number of fused-ring (bicyclic) bond motifs is 1. The molecule has 26 heavy (non-hydrogen) atoms. The van der Waals surface area contributed by atoms with Gasteiger partial charge in [-0.05, 0) is 23.6 Å². The zero-order valence-electron chi connectivity index (χ0n) is 13.8. The second-order valence-corrected chi connectivity index (χ2v) is 6.55. The number of Topliss-reactive ketones (excluding diaryl/α,β-unsaturated/α-hetero) is 1. The minimum absolute atomic E-state index is 0.0302. The number of benzene rings is 1. The molecule has 0 spiro atoms. The van der Waals surface area contributed by atoms with Crippen molar-refractivity contribution in [1.82, 2.24) is 0 Å². The zero-order chi connectivity index (χ0) is 18.5. The highest BCUT2D eigenvalue weighted by Crippen LogP contribution is 2.28. The van der Waals surface area contributed by atoms with Crippen molar-refractivity contribution in [2.45, 2.75) is 12.8 Å². The average molecular weight is 372 g/mol. The zero-order valence-corrected chi connectivity index (χ0v) is 14.6. The standard InChI is InChI=1S/C18H16N2O5S/c21-14(15-6-3-9-26-15)7-8-18(24)25-11-17(23)20-10-16(22)19-12-4-1-2-5-13(12)20/h1-6,9H,7-8,10-11H2,(H,19,22). The molecule has 0 unspecified atom stereocenters. The lowest BCUT2D eigenvalue weighted by atomic mass is 10.2. The molecule has 0 atom stereocenters. The SMILES string of the molecule is O=C1CN(C(=O)COC(=O)CCC(=O)c2cccs2)c2ccccc2N1. The summed E-state index contributed by atoms with van der Waals surface area (Å²) in [4.78, 5) is 49.6. The lowest BCUT2D eigenvalue weighted by Crippen LogP contribution is -2.44. The normalized spacial score (nSPS) is 12.9. The number of anilines is 2. The number of carbonyl (C=O) groups excluding carboxylic acids is 4. The highest BCUT2D eigenvalue weighted by Gasteiger charge is 2.27. The summed E-state index contributed by atoms with van der Waals surface area (Å²) in [6, 6.07) is 10.3. The molecule has 1 aliphatic rings. The van der Waals surface area contributed by atoms with E-state index in [0.29, 0.717) is 16.3 Å². The third-order valence-corrected chi connectivity index (χ3v) is 4.69. The fraction of sp³-hybridized carbons (Fsp3) is 0.222. The topological polar surface area (TPSA) is 92.8 Å². The predicted molar refractivity (Wildman–Crippen MR) is 96.3 cm³/mol. The van der Waals surface area contributed by atoms with Crippen LogP contribution >= 0.6 is 11.3 Å². The van der Waals surface area contributed by atoms with Crippen LogP contribution in [0.5, 0.6) is 0 Å². The van der Waals surface area contributed by atoms with Crippen LogP contribution in [0.15, 0.2) is 41.8 Å². The number of nitrogens with one attached hydrogen (secondary N) is 1. The van der Waals surface area contributed by atoms with Crippen LogP contribution in [-0.2, 0) is 19.1 Å². The minimum Gasteiger partial charge on any atom is -0.456 e. The Morgan fingerprint density at radius 2 is 1.92 bits per heavy atom. The molecule has 134 valence electrons. The van der Waals surface area contributed by atoms with Gasteiger partial charge in [0.15, 0.2) is 12.4 Å². The predicted octanol–water partition coefficient (Wildman–Crippen LogP) is 2.24. The molecule has 0 saturated heterocycles. The number of amides is 2. The molecule has 0 bridgehead atoms. The van der Waals surface area contributed by atoms with Crippen LogP contribution in [-0.4, -0.2) is 36.7 Å². The van der Waals surface area contributed by atoms with Crippen LogP contribution in [0.1, 0.15) is 22.5 Å². The van der Waals surface area contributed by atoms with E-state index in [2.05, 4.69) is 5.32 Å². The minimum atomic E-state index is -0.627. The highest BCUT2D eigenvalue weighted by molar-refractivity contribution is 7.12. The van der Waals surface area contributed by atoms with Crippen molar-refractivity contribution in [3.05, 3.63) is 46.7 Å². The Bertz CT molecular complexity index is 847. The van der Waals surface area contributed by atoms with Gasteiger partial charge in [0.2, 0.25) is 5.91 Å². The summed E-state index contributed by atoms with van der Waals surface area (Å²) in [5, 5.41) is 4.47. The van der Waals surface area contributed by atoms with Crippen LogP contribution in [0, 0.1) is 0 Å². The number of esters is 1. The van der Waals surface area contributed by atoms with Gasteiger partial charge in [-0.15, -0.1) is 11.3 Å². The number of nitrogens with zero attached hydrogens (tertiary/aromatic N) is 1. The summed E-state index contributed by atoms with van der Waals surface area (Å²) in [7, 11) is 0. The first-order valence-corrected chi connectivity index (χ1v) is 8.84. The maximum atomic E-state index is 12.3. The van der Waals surface area contributed by atoms with Gasteiger partial charge in [0.1, 0.15) is 6.54 Å². The van der Waals surface area contributed by atoms with Crippen molar-refractivity contribution in [3.8, 4) is 0 Å². The summed E-state index contributed by atoms with van der Waals surface area (Å²) in [5.41, 5.74) is 1.09. The van der Waals surface area contributed by atoms with Crippen LogP contribution < -0.4 is 10.2 Å². The number of ketones is 1. The second kappa shape index (κ2) is 7.92. The Hall–Kier alpha value is -3.00. The molecule has 0 aliphatic carbocycles. The molecule has 0 saturated carbocycles. The first kappa shape index (κ1) is 17.8. The summed E-state index contributed by atoms with van der Waals surface area (Å²) >= 11 is 1.31. The van der Waals surface area contributed by atoms with Crippen molar-refractivity contribution in [1.29, 1.82) is 0 Å². The molecule has 0 fully saturated rings. The lowest BCUT2D eigenvalue weighted by molar-refractivity contribution is -0.147. The highest BCUT2D eigenvalue weighted by atomic mass is 32.1. The van der Waals surface area contributed by atoms with Crippen LogP contribution in [0.2, 0.25) is 0 Å². The maximum absolute atomic E-state index is 12.3. The molecule has 1 aliphatic heterocycles. The Labute approximate surface area is 153 Å². The molecule has 8 heteroatoms. The van der Waals surface area contributed by atoms with Gasteiger partial charge >= 0.3 is 5.97 Å². The first-order chi connectivity index (χ1) is 12.5. The lowest BCUT2D eigenvalue weighted by Gasteiger charge is -2.28. The van der Waals surface area contributed by atoms with E-state index in [1.54, 1.807) is 41.8 Å². The van der Waals surface area contributed by atoms with E-state index in [1.807, 2.05) is 0 Å². The fourth-order valence-electron chi connectivity index (χ4n) is 2.52. The number of rotatable bonds is 6. The molecule has 2 aromatic rings. The summed E-state index contributed by atoms with van der Waals surface area (Å²) in [6.07, 6.45) is -0.0659. The van der Waals surface area contributed by atoms with E-state index in [0.717, 1.165) is 0 Å². The number of hydrogen-bond donors (Lipinski definition) is 1. The van der Waals surface area contributed by atoms with Gasteiger partial charge in [0.05, 0.1) is 22.7 Å². The van der Waals surface area contributed by atoms with Crippen molar-refractivity contribution >= 4 is 46.3 Å². The van der Waals surface area contributed by atoms with E-state index in [4.69, 9.17) is 4.74 Å². The van der Waals surface area contributed by atoms with Crippen molar-refractivity contribution in [3.63, 3.8) is 0 Å². The maximum Gasteiger partial charge on any atom is 0.306 e. The van der Waals surface area contributed by atoms with E-state index in [9.17, 15) is 19.2 Å². The van der Waals surface area contributed by atoms with E-state index >= 15 is 0 Å². The number of carbonyl (C=O) groups is 4. The van der Waals surface area contributed by atoms with Crippen molar-refractivity contribution < 1.29 is 23.9 Å². The summed E-state index contributed by atoms with van der Waals surface area (Å²) in [5.74, 6) is -1.57. The van der Waals surface area contributed by atoms with Crippen LogP contribution in [0.4, 0.5) is 11.4 Å². The third kappa shape index (κ3) is 4.15. The molecule has 2 heterocycles. The number of thiophene rings is 1. The average Bonchev–Trinajstić information content (AvgIpc) is 3.18. The number of ether oxygens (including phenoxy) is 1. The smallest absolute Gasteiger partial charge is 0.306 e. The van der Waals surface area contributed by atoms with E-state index in [-0.39, 0.29) is 31.1 Å². The third-order valence-electron chi connectivity index (χ3n) is 3.78. The molecule has 3 rings (SSSR count). The molecule has 7 nitrogen and oxygen atoms in total. The van der Waals surface area contributed by atoms with Gasteiger partial charge < -0.3 is 10.1 Å². The Morgan fingerprint density at radius 3 is 2.69 bits per heavy atom. The van der Waals surface area contributed by atoms with Gasteiger partial charge in [-0.1, -0.05) is 18.2 Å². The second-order valence-electron chi connectivity index (χ2n) is 5.61. The van der Waals surface area contributed by atoms with Gasteiger partial charge in [-0.2, -0.15) is 0 Å². The first-order valence-electron chi connectivity index (χ1n) is 7.96. The molecule has 0 radical (unpaired) electrons. The largest absolute Gasteiger partial charge is 0.456 e. The molecular weight excluding hydrogens is 356 g/mol. The van der Waals surface area contributed by atoms with Gasteiger partial charge in [0, 0.05) is 6.42 Å². The Morgan fingerprint density at radius 1 is 1.12 bits per heavy atom. The molecule has 1 N–H and O–H groups in total. The Balaban J connectivity index is 1.52. The monoisotopic (exact) mass is 372 g/mol. The number of hydrogen-bond acceptors (Lipinski definition) is 6. The van der Waals surface area contributed by atoms with Gasteiger partial charge in [-0.25, -0.2) is 0 Å². The van der Waals surface area contributed by atoms with E-state index in [1.165, 1.54) is 16.2 Å². The van der Waals surface area contributed by atoms with Gasteiger partial charge in [-0.3, -0.25) is 24.1 Å². The summed E-state index contributed by atoms with van der Waals surface area (Å²) < 4.78 is 4.96. The molecular formula is C18H16N2O5S. The fourth-order valence-corrected chi connectivity index (χ4v) is 3.22. The van der Waals surface area contributed by atoms with Crippen molar-refractivity contribution in [2.75, 3.05) is 23.4 Å². The molecule has 1 aromatic heterocycles. The Kier molecular flexibility index (Phi) is 5.43. The molecule has 2 amide bonds. The summed E-state index contributed by atoms with van der Waals surface area (Å²) in [6.45, 7) is -0.613. The quantitative estimate of drug-likeness (QED) is 0.620. The van der Waals surface area contributed by atoms with Crippen LogP contribution in [0.3, 0.4) is 0 Å². The van der Waals surface area contributed by atoms with Crippen LogP contribution in [0.25, 0.3) is 0 Å². The van der Waals surface area contributed by atoms with E-state index < -0.39 is 18.5 Å². The molecule has 1 aromatic carbocycles. The number of para-hydroxylation sites is 2. The van der Waals surface area contributed by atoms with Crippen molar-refractivity contribution in [2.24, 2.45) is 0 Å².